The van der Waals surface area contributed by atoms with E-state index in [1.165, 1.54) is 4.70 Å². The number of aromatic nitrogens is 2. The van der Waals surface area contributed by atoms with Crippen LogP contribution in [0.1, 0.15) is 24.5 Å². The van der Waals surface area contributed by atoms with E-state index >= 15 is 0 Å². The SMILES string of the molecule is c1ccc2sc(N3CCC(c4ccno4)CC3)nc2c1. The van der Waals surface area contributed by atoms with Crippen LogP contribution in [0.2, 0.25) is 0 Å². The monoisotopic (exact) mass is 285 g/mol. The van der Waals surface area contributed by atoms with E-state index in [9.17, 15) is 0 Å². The predicted octanol–water partition coefficient (Wildman–Crippen LogP) is 3.67. The summed E-state index contributed by atoms with van der Waals surface area (Å²) in [7, 11) is 0. The molecule has 0 radical (unpaired) electrons. The van der Waals surface area contributed by atoms with Crippen molar-refractivity contribution in [1.29, 1.82) is 0 Å². The summed E-state index contributed by atoms with van der Waals surface area (Å²) in [5, 5.41) is 4.95. The van der Waals surface area contributed by atoms with Crippen molar-refractivity contribution in [3.05, 3.63) is 42.3 Å². The average molecular weight is 285 g/mol. The molecule has 0 aliphatic carbocycles. The van der Waals surface area contributed by atoms with E-state index in [0.717, 1.165) is 42.3 Å². The van der Waals surface area contributed by atoms with Gasteiger partial charge in [0.2, 0.25) is 0 Å². The molecule has 0 N–H and O–H groups in total. The zero-order valence-corrected chi connectivity index (χ0v) is 11.8. The molecular formula is C15H15N3OS. The van der Waals surface area contributed by atoms with Gasteiger partial charge < -0.3 is 9.42 Å². The van der Waals surface area contributed by atoms with Gasteiger partial charge in [-0.25, -0.2) is 4.98 Å². The highest BCUT2D eigenvalue weighted by molar-refractivity contribution is 7.22. The van der Waals surface area contributed by atoms with Gasteiger partial charge in [-0.05, 0) is 25.0 Å². The third-order valence-corrected chi connectivity index (χ3v) is 5.01. The van der Waals surface area contributed by atoms with E-state index < -0.39 is 0 Å². The zero-order valence-electron chi connectivity index (χ0n) is 11.0. The number of thiazole rings is 1. The van der Waals surface area contributed by atoms with Crippen LogP contribution in [0, 0.1) is 0 Å². The molecule has 102 valence electrons. The van der Waals surface area contributed by atoms with E-state index in [1.807, 2.05) is 12.1 Å². The summed E-state index contributed by atoms with van der Waals surface area (Å²) in [5.41, 5.74) is 1.10. The molecule has 0 unspecified atom stereocenters. The standard InChI is InChI=1S/C15H15N3OS/c1-2-4-14-12(3-1)17-15(20-14)18-9-6-11(7-10-18)13-5-8-16-19-13/h1-5,8,11H,6-7,9-10H2. The smallest absolute Gasteiger partial charge is 0.186 e. The lowest BCUT2D eigenvalue weighted by Crippen LogP contribution is -2.32. The Morgan fingerprint density at radius 3 is 2.75 bits per heavy atom. The molecule has 1 fully saturated rings. The number of hydrogen-bond donors (Lipinski definition) is 0. The number of hydrogen-bond acceptors (Lipinski definition) is 5. The molecule has 3 aromatic rings. The van der Waals surface area contributed by atoms with Crippen molar-refractivity contribution in [1.82, 2.24) is 10.1 Å². The van der Waals surface area contributed by atoms with Gasteiger partial charge in [-0.1, -0.05) is 28.6 Å². The number of para-hydroxylation sites is 1. The van der Waals surface area contributed by atoms with Gasteiger partial charge >= 0.3 is 0 Å². The fourth-order valence-corrected chi connectivity index (χ4v) is 3.80. The Hall–Kier alpha value is -1.88. The third-order valence-electron chi connectivity index (χ3n) is 3.91. The molecule has 1 aliphatic heterocycles. The molecule has 0 spiro atoms. The van der Waals surface area contributed by atoms with Gasteiger partial charge in [0.15, 0.2) is 5.13 Å². The Morgan fingerprint density at radius 2 is 2.00 bits per heavy atom. The third kappa shape index (κ3) is 2.08. The van der Waals surface area contributed by atoms with Crippen molar-refractivity contribution in [3.8, 4) is 0 Å². The first-order valence-corrected chi connectivity index (χ1v) is 7.73. The molecule has 5 heteroatoms. The Bertz CT molecular complexity index is 666. The minimum atomic E-state index is 0.503. The normalized spacial score (nSPS) is 16.9. The highest BCUT2D eigenvalue weighted by atomic mass is 32.1. The Morgan fingerprint density at radius 1 is 1.15 bits per heavy atom. The molecule has 3 heterocycles. The molecule has 0 saturated carbocycles. The lowest BCUT2D eigenvalue weighted by molar-refractivity contribution is 0.336. The van der Waals surface area contributed by atoms with Crippen LogP contribution in [-0.2, 0) is 0 Å². The highest BCUT2D eigenvalue weighted by Gasteiger charge is 2.24. The number of fused-ring (bicyclic) bond motifs is 1. The van der Waals surface area contributed by atoms with Crippen molar-refractivity contribution in [3.63, 3.8) is 0 Å². The van der Waals surface area contributed by atoms with Gasteiger partial charge in [0.05, 0.1) is 16.4 Å². The molecule has 2 aromatic heterocycles. The summed E-state index contributed by atoms with van der Waals surface area (Å²) < 4.78 is 6.54. The van der Waals surface area contributed by atoms with Crippen molar-refractivity contribution in [2.24, 2.45) is 0 Å². The fourth-order valence-electron chi connectivity index (χ4n) is 2.79. The fraction of sp³-hybridized carbons (Fsp3) is 0.333. The van der Waals surface area contributed by atoms with E-state index in [0.29, 0.717) is 5.92 Å². The average Bonchev–Trinajstić information content (AvgIpc) is 3.17. The maximum atomic E-state index is 5.28. The molecule has 1 saturated heterocycles. The molecular weight excluding hydrogens is 270 g/mol. The Balaban J connectivity index is 1.51. The van der Waals surface area contributed by atoms with E-state index in [2.05, 4.69) is 28.3 Å². The van der Waals surface area contributed by atoms with Gasteiger partial charge in [0.25, 0.3) is 0 Å². The van der Waals surface area contributed by atoms with E-state index in [4.69, 9.17) is 9.51 Å². The zero-order chi connectivity index (χ0) is 13.4. The molecule has 4 rings (SSSR count). The summed E-state index contributed by atoms with van der Waals surface area (Å²) in [5.74, 6) is 1.53. The second kappa shape index (κ2) is 4.90. The first kappa shape index (κ1) is 11.9. The summed E-state index contributed by atoms with van der Waals surface area (Å²) in [6, 6.07) is 10.3. The van der Waals surface area contributed by atoms with Crippen LogP contribution in [0.15, 0.2) is 41.1 Å². The second-order valence-corrected chi connectivity index (χ2v) is 6.15. The number of piperidine rings is 1. The van der Waals surface area contributed by atoms with Crippen LogP contribution in [-0.4, -0.2) is 23.2 Å². The maximum absolute atomic E-state index is 5.28. The minimum Gasteiger partial charge on any atom is -0.361 e. The molecule has 20 heavy (non-hydrogen) atoms. The van der Waals surface area contributed by atoms with Crippen LogP contribution in [0.5, 0.6) is 0 Å². The van der Waals surface area contributed by atoms with E-state index in [1.54, 1.807) is 17.5 Å². The first-order valence-electron chi connectivity index (χ1n) is 6.91. The van der Waals surface area contributed by atoms with Gasteiger partial charge in [-0.3, -0.25) is 0 Å². The van der Waals surface area contributed by atoms with E-state index in [-0.39, 0.29) is 0 Å². The van der Waals surface area contributed by atoms with Crippen molar-refractivity contribution < 1.29 is 4.52 Å². The molecule has 1 aliphatic rings. The topological polar surface area (TPSA) is 42.2 Å². The first-order chi connectivity index (χ1) is 9.90. The molecule has 0 amide bonds. The molecule has 4 nitrogen and oxygen atoms in total. The van der Waals surface area contributed by atoms with Gasteiger partial charge in [-0.15, -0.1) is 0 Å². The quantitative estimate of drug-likeness (QED) is 0.720. The van der Waals surface area contributed by atoms with Crippen molar-refractivity contribution >= 4 is 26.7 Å². The molecule has 0 bridgehead atoms. The number of benzene rings is 1. The summed E-state index contributed by atoms with van der Waals surface area (Å²) in [6.45, 7) is 2.07. The van der Waals surface area contributed by atoms with Crippen molar-refractivity contribution in [2.75, 3.05) is 18.0 Å². The second-order valence-electron chi connectivity index (χ2n) is 5.14. The number of rotatable bonds is 2. The van der Waals surface area contributed by atoms with Crippen LogP contribution >= 0.6 is 11.3 Å². The predicted molar refractivity (Wildman–Crippen MR) is 80.3 cm³/mol. The summed E-state index contributed by atoms with van der Waals surface area (Å²) in [4.78, 5) is 7.12. The molecule has 1 aromatic carbocycles. The Labute approximate surface area is 121 Å². The summed E-state index contributed by atoms with van der Waals surface area (Å²) in [6.07, 6.45) is 3.94. The lowest BCUT2D eigenvalue weighted by Gasteiger charge is -2.30. The highest BCUT2D eigenvalue weighted by Crippen LogP contribution is 2.34. The van der Waals surface area contributed by atoms with Crippen LogP contribution in [0.3, 0.4) is 0 Å². The van der Waals surface area contributed by atoms with Gasteiger partial charge in [-0.2, -0.15) is 0 Å². The van der Waals surface area contributed by atoms with Crippen LogP contribution in [0.25, 0.3) is 10.2 Å². The lowest BCUT2D eigenvalue weighted by atomic mass is 9.95. The van der Waals surface area contributed by atoms with Crippen LogP contribution in [0.4, 0.5) is 5.13 Å². The van der Waals surface area contributed by atoms with Gasteiger partial charge in [0, 0.05) is 25.1 Å². The Kier molecular flexibility index (Phi) is 2.92. The van der Waals surface area contributed by atoms with Crippen molar-refractivity contribution in [2.45, 2.75) is 18.8 Å². The van der Waals surface area contributed by atoms with Gasteiger partial charge in [0.1, 0.15) is 5.76 Å². The minimum absolute atomic E-state index is 0.503. The number of nitrogens with zero attached hydrogens (tertiary/aromatic N) is 3. The van der Waals surface area contributed by atoms with Crippen LogP contribution < -0.4 is 4.90 Å². The maximum Gasteiger partial charge on any atom is 0.186 e. The summed E-state index contributed by atoms with van der Waals surface area (Å²) >= 11 is 1.78. The number of anilines is 1. The largest absolute Gasteiger partial charge is 0.361 e. The molecule has 0 atom stereocenters.